The fraction of sp³-hybridized carbons (Fsp3) is 0.360. The van der Waals surface area contributed by atoms with Crippen LogP contribution in [0.2, 0.25) is 0 Å². The lowest BCUT2D eigenvalue weighted by Gasteiger charge is -2.19. The molecule has 0 radical (unpaired) electrons. The first kappa shape index (κ1) is 24.4. The molecular formula is C25H26F3N5O2. The number of benzene rings is 1. The van der Waals surface area contributed by atoms with Crippen molar-refractivity contribution in [2.45, 2.75) is 46.0 Å². The van der Waals surface area contributed by atoms with E-state index in [0.717, 1.165) is 17.7 Å². The summed E-state index contributed by atoms with van der Waals surface area (Å²) in [5.74, 6) is -1.09. The van der Waals surface area contributed by atoms with Crippen molar-refractivity contribution in [3.8, 4) is 17.1 Å². The van der Waals surface area contributed by atoms with Crippen molar-refractivity contribution in [3.63, 3.8) is 0 Å². The number of ether oxygens (including phenoxy) is 1. The molecule has 0 unspecified atom stereocenters. The van der Waals surface area contributed by atoms with Crippen molar-refractivity contribution in [2.24, 2.45) is 0 Å². The minimum absolute atomic E-state index is 0.0178. The van der Waals surface area contributed by atoms with Gasteiger partial charge in [-0.25, -0.2) is 18.2 Å². The highest BCUT2D eigenvalue weighted by molar-refractivity contribution is 5.99. The van der Waals surface area contributed by atoms with E-state index < -0.39 is 23.3 Å². The summed E-state index contributed by atoms with van der Waals surface area (Å²) in [5, 5.41) is 10.8. The minimum atomic E-state index is -1.83. The van der Waals surface area contributed by atoms with Crippen molar-refractivity contribution in [3.05, 3.63) is 64.4 Å². The van der Waals surface area contributed by atoms with Crippen LogP contribution in [0, 0.1) is 11.6 Å². The molecule has 4 rings (SSSR count). The second kappa shape index (κ2) is 9.16. The highest BCUT2D eigenvalue weighted by Gasteiger charge is 2.30. The summed E-state index contributed by atoms with van der Waals surface area (Å²) in [5.41, 5.74) is -0.598. The van der Waals surface area contributed by atoms with Gasteiger partial charge in [-0.15, -0.1) is 10.2 Å². The van der Waals surface area contributed by atoms with Gasteiger partial charge in [0.15, 0.2) is 0 Å². The van der Waals surface area contributed by atoms with E-state index in [1.54, 1.807) is 17.9 Å². The van der Waals surface area contributed by atoms with E-state index in [4.69, 9.17) is 4.74 Å². The second-order valence-electron chi connectivity index (χ2n) is 8.85. The summed E-state index contributed by atoms with van der Waals surface area (Å²) in [6.07, 6.45) is 1.51. The fourth-order valence-electron chi connectivity index (χ4n) is 4.13. The van der Waals surface area contributed by atoms with E-state index in [9.17, 15) is 9.18 Å². The van der Waals surface area contributed by atoms with Crippen LogP contribution in [0.5, 0.6) is 5.88 Å². The summed E-state index contributed by atoms with van der Waals surface area (Å²) >= 11 is 0. The number of hydrogen-bond acceptors (Lipinski definition) is 6. The SMILES string of the molecule is CCN1Cc2c(ccnc2N[C@@H](C)c2cc(F)c(-c3cc(C(C)(C)F)c(OC)nn3)cc2F)C1=O. The van der Waals surface area contributed by atoms with E-state index in [1.807, 2.05) is 6.92 Å². The number of carbonyl (C=O) groups excluding carboxylic acids is 1. The van der Waals surface area contributed by atoms with E-state index in [-0.39, 0.29) is 34.2 Å². The lowest BCUT2D eigenvalue weighted by molar-refractivity contribution is 0.0787. The molecule has 1 atom stereocenters. The summed E-state index contributed by atoms with van der Waals surface area (Å²) in [4.78, 5) is 18.4. The predicted octanol–water partition coefficient (Wildman–Crippen LogP) is 5.18. The maximum absolute atomic E-state index is 15.2. The van der Waals surface area contributed by atoms with Gasteiger partial charge >= 0.3 is 0 Å². The molecule has 0 saturated carbocycles. The molecule has 3 aromatic rings. The van der Waals surface area contributed by atoms with Gasteiger partial charge < -0.3 is 15.0 Å². The zero-order chi connectivity index (χ0) is 25.5. The number of hydrogen-bond donors (Lipinski definition) is 1. The van der Waals surface area contributed by atoms with Gasteiger partial charge in [-0.3, -0.25) is 4.79 Å². The number of halogens is 3. The van der Waals surface area contributed by atoms with Crippen LogP contribution in [-0.4, -0.2) is 39.6 Å². The van der Waals surface area contributed by atoms with Crippen LogP contribution in [0.25, 0.3) is 11.3 Å². The molecule has 0 spiro atoms. The first-order valence-electron chi connectivity index (χ1n) is 11.2. The molecule has 1 amide bonds. The summed E-state index contributed by atoms with van der Waals surface area (Å²) in [6, 6.07) is 4.38. The molecule has 0 bridgehead atoms. The van der Waals surface area contributed by atoms with Crippen LogP contribution in [0.4, 0.5) is 19.0 Å². The van der Waals surface area contributed by atoms with Crippen molar-refractivity contribution in [1.82, 2.24) is 20.1 Å². The van der Waals surface area contributed by atoms with Crippen molar-refractivity contribution >= 4 is 11.7 Å². The normalized spacial score (nSPS) is 14.2. The van der Waals surface area contributed by atoms with Crippen molar-refractivity contribution in [2.75, 3.05) is 19.0 Å². The molecule has 0 saturated heterocycles. The number of aromatic nitrogens is 3. The van der Waals surface area contributed by atoms with Crippen LogP contribution in [-0.2, 0) is 12.2 Å². The third-order valence-corrected chi connectivity index (χ3v) is 6.08. The van der Waals surface area contributed by atoms with Crippen LogP contribution in [0.1, 0.15) is 60.8 Å². The highest BCUT2D eigenvalue weighted by atomic mass is 19.1. The molecule has 10 heteroatoms. The third kappa shape index (κ3) is 4.52. The van der Waals surface area contributed by atoms with E-state index in [0.29, 0.717) is 24.5 Å². The Morgan fingerprint density at radius 2 is 1.91 bits per heavy atom. The number of fused-ring (bicyclic) bond motifs is 1. The lowest BCUT2D eigenvalue weighted by Crippen LogP contribution is -2.22. The Bertz CT molecular complexity index is 1290. The number of alkyl halides is 1. The van der Waals surface area contributed by atoms with E-state index in [2.05, 4.69) is 20.5 Å². The molecule has 1 N–H and O–H groups in total. The molecule has 0 aliphatic carbocycles. The molecule has 1 aliphatic rings. The van der Waals surface area contributed by atoms with Crippen LogP contribution in [0.15, 0.2) is 30.5 Å². The Morgan fingerprint density at radius 1 is 1.17 bits per heavy atom. The zero-order valence-electron chi connectivity index (χ0n) is 20.1. The highest BCUT2D eigenvalue weighted by Crippen LogP contribution is 2.36. The topological polar surface area (TPSA) is 80.2 Å². The third-order valence-electron chi connectivity index (χ3n) is 6.08. The van der Waals surface area contributed by atoms with Gasteiger partial charge in [0.1, 0.15) is 23.1 Å². The van der Waals surface area contributed by atoms with Gasteiger partial charge in [0, 0.05) is 35.0 Å². The van der Waals surface area contributed by atoms with Crippen molar-refractivity contribution in [1.29, 1.82) is 0 Å². The number of pyridine rings is 1. The van der Waals surface area contributed by atoms with Gasteiger partial charge in [0.05, 0.1) is 31.0 Å². The Balaban J connectivity index is 1.65. The maximum atomic E-state index is 15.2. The number of rotatable bonds is 7. The number of methoxy groups -OCH3 is 1. The quantitative estimate of drug-likeness (QED) is 0.497. The van der Waals surface area contributed by atoms with Crippen molar-refractivity contribution < 1.29 is 22.7 Å². The average Bonchev–Trinajstić information content (AvgIpc) is 3.16. The maximum Gasteiger partial charge on any atom is 0.254 e. The molecule has 0 fully saturated rings. The average molecular weight is 486 g/mol. The Hall–Kier alpha value is -3.69. The first-order chi connectivity index (χ1) is 16.5. The van der Waals surface area contributed by atoms with Crippen LogP contribution >= 0.6 is 0 Å². The number of carbonyl (C=O) groups is 1. The van der Waals surface area contributed by atoms with Gasteiger partial charge in [0.2, 0.25) is 5.88 Å². The minimum Gasteiger partial charge on any atom is -0.480 e. The number of anilines is 1. The van der Waals surface area contributed by atoms with E-state index in [1.165, 1.54) is 33.2 Å². The molecule has 184 valence electrons. The summed E-state index contributed by atoms with van der Waals surface area (Å²) < 4.78 is 50.0. The predicted molar refractivity (Wildman–Crippen MR) is 125 cm³/mol. The zero-order valence-corrected chi connectivity index (χ0v) is 20.1. The number of amides is 1. The number of nitrogens with zero attached hydrogens (tertiary/aromatic N) is 4. The number of nitrogens with one attached hydrogen (secondary N) is 1. The van der Waals surface area contributed by atoms with Gasteiger partial charge in [-0.2, -0.15) is 0 Å². The molecule has 7 nitrogen and oxygen atoms in total. The first-order valence-corrected chi connectivity index (χ1v) is 11.2. The van der Waals surface area contributed by atoms with Gasteiger partial charge in [-0.05, 0) is 52.0 Å². The van der Waals surface area contributed by atoms with Crippen LogP contribution < -0.4 is 10.1 Å². The Labute approximate surface area is 201 Å². The monoisotopic (exact) mass is 485 g/mol. The summed E-state index contributed by atoms with van der Waals surface area (Å²) in [7, 11) is 1.33. The largest absolute Gasteiger partial charge is 0.480 e. The molecule has 35 heavy (non-hydrogen) atoms. The Morgan fingerprint density at radius 3 is 2.57 bits per heavy atom. The van der Waals surface area contributed by atoms with Crippen LogP contribution in [0.3, 0.4) is 0 Å². The summed E-state index contributed by atoms with van der Waals surface area (Å²) in [6.45, 7) is 7.13. The smallest absolute Gasteiger partial charge is 0.254 e. The fourth-order valence-corrected chi connectivity index (χ4v) is 4.13. The molecule has 2 aromatic heterocycles. The molecule has 1 aliphatic heterocycles. The molecule has 1 aromatic carbocycles. The molecule has 3 heterocycles. The van der Waals surface area contributed by atoms with Gasteiger partial charge in [-0.1, -0.05) is 0 Å². The Kier molecular flexibility index (Phi) is 6.40. The molecular weight excluding hydrogens is 459 g/mol. The lowest BCUT2D eigenvalue weighted by atomic mass is 9.98. The standard InChI is InChI=1S/C25H26F3N5O2/c1-6-33-12-17-14(24(33)34)7-8-29-22(17)30-13(2)15-9-20(27)16(10-19(15)26)21-11-18(25(3,4)28)23(35-5)32-31-21/h7-11,13H,6,12H2,1-5H3,(H,29,30)/t13-/m0/s1. The second-order valence-corrected chi connectivity index (χ2v) is 8.85. The van der Waals surface area contributed by atoms with E-state index >= 15 is 8.78 Å². The van der Waals surface area contributed by atoms with Gasteiger partial charge in [0.25, 0.3) is 5.91 Å².